The van der Waals surface area contributed by atoms with Crippen molar-refractivity contribution in [2.24, 2.45) is 5.14 Å². The normalized spacial score (nSPS) is 12.4. The van der Waals surface area contributed by atoms with E-state index in [2.05, 4.69) is 4.72 Å². The number of hydrogen-bond donors (Lipinski definition) is 2. The molecule has 176 valence electrons. The Morgan fingerprint density at radius 3 is 1.97 bits per heavy atom. The zero-order chi connectivity index (χ0) is 24.3. The molecule has 3 N–H and O–H groups in total. The molecule has 0 bridgehead atoms. The summed E-state index contributed by atoms with van der Waals surface area (Å²) in [5, 5.41) is 5.06. The maximum atomic E-state index is 12.9. The van der Waals surface area contributed by atoms with E-state index in [0.29, 0.717) is 5.56 Å². The van der Waals surface area contributed by atoms with Gasteiger partial charge in [0.05, 0.1) is 21.8 Å². The lowest BCUT2D eigenvalue weighted by molar-refractivity contribution is 0.401. The fourth-order valence-corrected chi connectivity index (χ4v) is 6.15. The van der Waals surface area contributed by atoms with Crippen LogP contribution in [-0.4, -0.2) is 38.9 Å². The third-order valence-corrected chi connectivity index (χ3v) is 8.92. The van der Waals surface area contributed by atoms with E-state index in [9.17, 15) is 25.3 Å². The number of methoxy groups -OCH3 is 1. The number of rotatable bonds is 9. The van der Waals surface area contributed by atoms with Gasteiger partial charge in [0.15, 0.2) is 0 Å². The van der Waals surface area contributed by atoms with Gasteiger partial charge in [0, 0.05) is 6.54 Å². The first-order valence-corrected chi connectivity index (χ1v) is 14.1. The summed E-state index contributed by atoms with van der Waals surface area (Å²) in [6, 6.07) is 17.0. The summed E-state index contributed by atoms with van der Waals surface area (Å²) >= 11 is 0. The number of ether oxygens (including phenoxy) is 1. The van der Waals surface area contributed by atoms with Gasteiger partial charge in [0.25, 0.3) is 0 Å². The van der Waals surface area contributed by atoms with Crippen LogP contribution in [0, 0.1) is 0 Å². The van der Waals surface area contributed by atoms with Crippen LogP contribution >= 0.6 is 0 Å². The van der Waals surface area contributed by atoms with Gasteiger partial charge in [-0.15, -0.1) is 0 Å². The van der Waals surface area contributed by atoms with Gasteiger partial charge < -0.3 is 4.74 Å². The summed E-state index contributed by atoms with van der Waals surface area (Å²) in [6.45, 7) is -0.0180. The van der Waals surface area contributed by atoms with Crippen molar-refractivity contribution in [2.75, 3.05) is 13.7 Å². The molecule has 0 atom stereocenters. The maximum Gasteiger partial charge on any atom is 0.244 e. The molecule has 3 aromatic rings. The third kappa shape index (κ3) is 5.78. The van der Waals surface area contributed by atoms with Crippen molar-refractivity contribution in [2.45, 2.75) is 26.0 Å². The number of nitrogens with one attached hydrogen (secondary N) is 1. The Bertz CT molecular complexity index is 1450. The van der Waals surface area contributed by atoms with Crippen molar-refractivity contribution in [3.05, 3.63) is 78.4 Å². The molecule has 3 aromatic carbocycles. The SMILES string of the molecule is COc1ccc(S(=O)(=O)c2ccccc2)cc1S(=O)(=O)NCCc1ccc(S(N)(=O)=O)cc1. The lowest BCUT2D eigenvalue weighted by atomic mass is 10.2. The largest absolute Gasteiger partial charge is 0.495 e. The van der Waals surface area contributed by atoms with Gasteiger partial charge in [-0.05, 0) is 54.4 Å². The minimum atomic E-state index is -4.12. The first-order valence-electron chi connectivity index (χ1n) is 9.55. The molecule has 0 aliphatic carbocycles. The van der Waals surface area contributed by atoms with Crippen LogP contribution in [0.15, 0.2) is 92.4 Å². The molecule has 12 heteroatoms. The van der Waals surface area contributed by atoms with Gasteiger partial charge in [0.2, 0.25) is 29.9 Å². The van der Waals surface area contributed by atoms with E-state index in [0.717, 1.165) is 6.07 Å². The molecular weight excluding hydrogens is 488 g/mol. The molecule has 0 fully saturated rings. The summed E-state index contributed by atoms with van der Waals surface area (Å²) in [6.07, 6.45) is 0.258. The first-order chi connectivity index (χ1) is 15.4. The average Bonchev–Trinajstić information content (AvgIpc) is 2.79. The fourth-order valence-electron chi connectivity index (χ4n) is 3.02. The van der Waals surface area contributed by atoms with E-state index in [1.54, 1.807) is 18.2 Å². The average molecular weight is 511 g/mol. The van der Waals surface area contributed by atoms with Crippen LogP contribution in [0.2, 0.25) is 0 Å². The van der Waals surface area contributed by atoms with Crippen LogP contribution < -0.4 is 14.6 Å². The van der Waals surface area contributed by atoms with E-state index in [-0.39, 0.29) is 38.3 Å². The van der Waals surface area contributed by atoms with E-state index in [4.69, 9.17) is 9.88 Å². The lowest BCUT2D eigenvalue weighted by Crippen LogP contribution is -2.26. The van der Waals surface area contributed by atoms with E-state index in [1.807, 2.05) is 0 Å². The summed E-state index contributed by atoms with van der Waals surface area (Å²) in [5.41, 5.74) is 0.678. The predicted octanol–water partition coefficient (Wildman–Crippen LogP) is 1.70. The van der Waals surface area contributed by atoms with Crippen molar-refractivity contribution in [1.29, 1.82) is 0 Å². The molecule has 0 amide bonds. The smallest absolute Gasteiger partial charge is 0.244 e. The van der Waals surface area contributed by atoms with E-state index >= 15 is 0 Å². The second-order valence-electron chi connectivity index (χ2n) is 6.97. The first kappa shape index (κ1) is 24.9. The number of hydrogen-bond acceptors (Lipinski definition) is 7. The van der Waals surface area contributed by atoms with Crippen molar-refractivity contribution < 1.29 is 30.0 Å². The summed E-state index contributed by atoms with van der Waals surface area (Å²) < 4.78 is 81.8. The number of sulfone groups is 1. The Hall–Kier alpha value is -2.77. The minimum absolute atomic E-state index is 0.00739. The highest BCUT2D eigenvalue weighted by Crippen LogP contribution is 2.29. The minimum Gasteiger partial charge on any atom is -0.495 e. The Kier molecular flexibility index (Phi) is 7.24. The molecule has 9 nitrogen and oxygen atoms in total. The lowest BCUT2D eigenvalue weighted by Gasteiger charge is -2.13. The van der Waals surface area contributed by atoms with Crippen LogP contribution in [0.3, 0.4) is 0 Å². The fraction of sp³-hybridized carbons (Fsp3) is 0.143. The molecule has 0 saturated heterocycles. The van der Waals surface area contributed by atoms with Crippen molar-refractivity contribution in [3.63, 3.8) is 0 Å². The molecule has 0 aliphatic rings. The van der Waals surface area contributed by atoms with Gasteiger partial charge >= 0.3 is 0 Å². The highest BCUT2D eigenvalue weighted by atomic mass is 32.2. The standard InChI is InChI=1S/C21H22N2O7S3/c1-30-20-12-11-19(31(24,25)17-5-3-2-4-6-17)15-21(20)33(28,29)23-14-13-16-7-9-18(10-8-16)32(22,26)27/h2-12,15,23H,13-14H2,1H3,(H2,22,26,27). The molecule has 3 rings (SSSR count). The number of sulfonamides is 2. The molecule has 0 unspecified atom stereocenters. The van der Waals surface area contributed by atoms with Gasteiger partial charge in [-0.2, -0.15) is 0 Å². The van der Waals surface area contributed by atoms with Crippen LogP contribution in [0.25, 0.3) is 0 Å². The van der Waals surface area contributed by atoms with Crippen molar-refractivity contribution >= 4 is 29.9 Å². The van der Waals surface area contributed by atoms with Gasteiger partial charge in [-0.3, -0.25) is 0 Å². The maximum absolute atomic E-state index is 12.9. The Labute approximate surface area is 193 Å². The highest BCUT2D eigenvalue weighted by Gasteiger charge is 2.25. The van der Waals surface area contributed by atoms with Crippen LogP contribution in [0.4, 0.5) is 0 Å². The monoisotopic (exact) mass is 510 g/mol. The van der Waals surface area contributed by atoms with Crippen LogP contribution in [0.1, 0.15) is 5.56 Å². The predicted molar refractivity (Wildman–Crippen MR) is 122 cm³/mol. The van der Waals surface area contributed by atoms with Crippen molar-refractivity contribution in [3.8, 4) is 5.75 Å². The number of benzene rings is 3. The Balaban J connectivity index is 1.83. The van der Waals surface area contributed by atoms with Crippen LogP contribution in [0.5, 0.6) is 5.75 Å². The van der Waals surface area contributed by atoms with Crippen molar-refractivity contribution in [1.82, 2.24) is 4.72 Å². The molecule has 0 aromatic heterocycles. The summed E-state index contributed by atoms with van der Waals surface area (Å²) in [4.78, 5) is -0.512. The van der Waals surface area contributed by atoms with Gasteiger partial charge in [-0.25, -0.2) is 35.1 Å². The second kappa shape index (κ2) is 9.61. The molecule has 0 aliphatic heterocycles. The highest BCUT2D eigenvalue weighted by molar-refractivity contribution is 7.91. The van der Waals surface area contributed by atoms with E-state index in [1.165, 1.54) is 55.6 Å². The van der Waals surface area contributed by atoms with Gasteiger partial charge in [0.1, 0.15) is 10.6 Å². The number of primary sulfonamides is 1. The zero-order valence-electron chi connectivity index (χ0n) is 17.5. The molecule has 0 radical (unpaired) electrons. The molecule has 0 spiro atoms. The van der Waals surface area contributed by atoms with E-state index < -0.39 is 29.9 Å². The third-order valence-electron chi connectivity index (χ3n) is 4.75. The quantitative estimate of drug-likeness (QED) is 0.445. The topological polar surface area (TPSA) is 150 Å². The molecule has 0 heterocycles. The molecule has 33 heavy (non-hydrogen) atoms. The Morgan fingerprint density at radius 1 is 0.788 bits per heavy atom. The Morgan fingerprint density at radius 2 is 1.39 bits per heavy atom. The second-order valence-corrected chi connectivity index (χ2v) is 12.2. The van der Waals surface area contributed by atoms with Crippen LogP contribution in [-0.2, 0) is 36.3 Å². The molecular formula is C21H22N2O7S3. The van der Waals surface area contributed by atoms with Gasteiger partial charge in [-0.1, -0.05) is 30.3 Å². The number of nitrogens with two attached hydrogens (primary N) is 1. The molecule has 0 saturated carbocycles. The zero-order valence-corrected chi connectivity index (χ0v) is 20.0. The summed E-state index contributed by atoms with van der Waals surface area (Å²) in [5.74, 6) is -0.00739. The summed E-state index contributed by atoms with van der Waals surface area (Å²) in [7, 11) is -10.6.